The van der Waals surface area contributed by atoms with Crippen LogP contribution in [0, 0.1) is 17.8 Å². The van der Waals surface area contributed by atoms with Crippen LogP contribution in [0.2, 0.25) is 0 Å². The van der Waals surface area contributed by atoms with E-state index in [1.807, 2.05) is 30.3 Å². The van der Waals surface area contributed by atoms with Gasteiger partial charge in [0.25, 0.3) is 6.01 Å². The Balaban J connectivity index is 1.12. The van der Waals surface area contributed by atoms with Gasteiger partial charge in [0.05, 0.1) is 29.8 Å². The molecule has 46 heavy (non-hydrogen) atoms. The second-order valence-electron chi connectivity index (χ2n) is 12.8. The Labute approximate surface area is 268 Å². The number of carbonyl (C=O) groups is 1. The molecule has 248 valence electrons. The van der Waals surface area contributed by atoms with Crippen LogP contribution in [0.3, 0.4) is 0 Å². The number of aromatic nitrogens is 1. The number of anilines is 1. The average Bonchev–Trinajstić information content (AvgIpc) is 3.79. The number of alkyl carbamates (subject to hydrolysis) is 1. The Morgan fingerprint density at radius 3 is 2.83 bits per heavy atom. The molecule has 1 saturated carbocycles. The number of amides is 1. The van der Waals surface area contributed by atoms with Gasteiger partial charge in [0.15, 0.2) is 11.9 Å². The van der Waals surface area contributed by atoms with Gasteiger partial charge in [0.1, 0.15) is 11.6 Å². The predicted octanol–water partition coefficient (Wildman–Crippen LogP) is 2.32. The maximum absolute atomic E-state index is 14.2. The van der Waals surface area contributed by atoms with E-state index in [2.05, 4.69) is 20.9 Å². The van der Waals surface area contributed by atoms with Crippen molar-refractivity contribution >= 4 is 33.2 Å². The molecule has 3 aromatic rings. The number of nitrogens with one attached hydrogen (secondary N) is 3. The fourth-order valence-corrected chi connectivity index (χ4v) is 8.82. The first-order chi connectivity index (χ1) is 22.3. The van der Waals surface area contributed by atoms with Crippen molar-refractivity contribution in [3.63, 3.8) is 0 Å². The number of rotatable bonds is 12. The lowest BCUT2D eigenvalue weighted by atomic mass is 9.78. The number of carbonyl (C=O) groups excluding carboxylic acids is 1. The summed E-state index contributed by atoms with van der Waals surface area (Å²) >= 11 is 0. The van der Waals surface area contributed by atoms with E-state index in [1.54, 1.807) is 13.1 Å². The Morgan fingerprint density at radius 2 is 2.04 bits per heavy atom. The molecule has 4 heterocycles. The fourth-order valence-electron chi connectivity index (χ4n) is 7.27. The fraction of sp³-hybridized carbons (Fsp3) is 0.562. The zero-order valence-electron chi connectivity index (χ0n) is 25.7. The van der Waals surface area contributed by atoms with E-state index < -0.39 is 34.4 Å². The van der Waals surface area contributed by atoms with Gasteiger partial charge in [-0.2, -0.15) is 9.29 Å². The quantitative estimate of drug-likeness (QED) is 0.226. The summed E-state index contributed by atoms with van der Waals surface area (Å²) in [6.07, 6.45) is -0.0676. The third kappa shape index (κ3) is 6.46. The summed E-state index contributed by atoms with van der Waals surface area (Å²) in [4.78, 5) is 17.7. The van der Waals surface area contributed by atoms with Crippen molar-refractivity contribution < 1.29 is 36.9 Å². The number of ether oxygens (including phenoxy) is 3. The third-order valence-corrected chi connectivity index (χ3v) is 11.5. The molecule has 3 aliphatic heterocycles. The van der Waals surface area contributed by atoms with Crippen LogP contribution in [0.15, 0.2) is 57.8 Å². The number of benzene rings is 2. The van der Waals surface area contributed by atoms with Crippen LogP contribution in [0.5, 0.6) is 0 Å². The Bertz CT molecular complexity index is 1620. The van der Waals surface area contributed by atoms with Crippen LogP contribution >= 0.6 is 0 Å². The van der Waals surface area contributed by atoms with E-state index in [1.165, 1.54) is 16.4 Å². The molecule has 8 atom stereocenters. The Morgan fingerprint density at radius 1 is 1.20 bits per heavy atom. The molecule has 2 aromatic carbocycles. The minimum atomic E-state index is -4.08. The summed E-state index contributed by atoms with van der Waals surface area (Å²) in [5, 5.41) is 20.7. The maximum atomic E-state index is 14.2. The molecule has 1 amide bonds. The van der Waals surface area contributed by atoms with Crippen LogP contribution in [-0.4, -0.2) is 99.4 Å². The Kier molecular flexibility index (Phi) is 8.92. The van der Waals surface area contributed by atoms with Crippen molar-refractivity contribution in [3.05, 3.63) is 54.1 Å². The highest BCUT2D eigenvalue weighted by atomic mass is 32.2. The van der Waals surface area contributed by atoms with Gasteiger partial charge in [-0.15, -0.1) is 0 Å². The first kappa shape index (κ1) is 31.3. The monoisotopic (exact) mass is 655 g/mol. The summed E-state index contributed by atoms with van der Waals surface area (Å²) in [6.45, 7) is 1.91. The lowest BCUT2D eigenvalue weighted by Crippen LogP contribution is -2.53. The number of hydrogen-bond donors (Lipinski definition) is 4. The molecule has 8 unspecified atom stereocenters. The predicted molar refractivity (Wildman–Crippen MR) is 167 cm³/mol. The highest BCUT2D eigenvalue weighted by Gasteiger charge is 2.53. The van der Waals surface area contributed by atoms with Crippen LogP contribution in [0.1, 0.15) is 24.8 Å². The number of aliphatic hydroxyl groups excluding tert-OH is 1. The van der Waals surface area contributed by atoms with E-state index in [0.29, 0.717) is 30.2 Å². The maximum Gasteiger partial charge on any atom is 0.407 e. The first-order valence-electron chi connectivity index (χ1n) is 16.0. The molecule has 7 rings (SSSR count). The minimum absolute atomic E-state index is 0.0354. The van der Waals surface area contributed by atoms with E-state index >= 15 is 0 Å². The number of fused-ring (bicyclic) bond motifs is 3. The number of nitrogens with zero attached hydrogens (tertiary/aromatic N) is 2. The van der Waals surface area contributed by atoms with Crippen LogP contribution in [0.25, 0.3) is 11.1 Å². The first-order valence-corrected chi connectivity index (χ1v) is 17.5. The van der Waals surface area contributed by atoms with Gasteiger partial charge >= 0.3 is 6.09 Å². The van der Waals surface area contributed by atoms with E-state index in [0.717, 1.165) is 31.4 Å². The molecule has 0 radical (unpaired) electrons. The highest BCUT2D eigenvalue weighted by molar-refractivity contribution is 7.89. The van der Waals surface area contributed by atoms with Gasteiger partial charge < -0.3 is 39.7 Å². The van der Waals surface area contributed by atoms with Crippen molar-refractivity contribution in [1.82, 2.24) is 19.9 Å². The van der Waals surface area contributed by atoms with Crippen molar-refractivity contribution in [2.75, 3.05) is 45.2 Å². The van der Waals surface area contributed by atoms with Crippen molar-refractivity contribution in [2.45, 2.75) is 61.2 Å². The van der Waals surface area contributed by atoms with Crippen LogP contribution in [0.4, 0.5) is 10.8 Å². The molecule has 4 aliphatic rings. The van der Waals surface area contributed by atoms with Crippen LogP contribution in [-0.2, 0) is 30.7 Å². The topological polar surface area (TPSA) is 164 Å². The third-order valence-electron chi connectivity index (χ3n) is 9.68. The minimum Gasteiger partial charge on any atom is -0.443 e. The molecule has 3 bridgehead atoms. The second kappa shape index (κ2) is 13.1. The molecule has 0 spiro atoms. The number of sulfonamides is 1. The van der Waals surface area contributed by atoms with Crippen molar-refractivity contribution in [2.24, 2.45) is 17.8 Å². The number of aliphatic hydroxyl groups is 1. The van der Waals surface area contributed by atoms with E-state index in [4.69, 9.17) is 18.6 Å². The molecule has 4 N–H and O–H groups in total. The van der Waals surface area contributed by atoms with Gasteiger partial charge in [-0.3, -0.25) is 0 Å². The van der Waals surface area contributed by atoms with Gasteiger partial charge in [0, 0.05) is 38.0 Å². The summed E-state index contributed by atoms with van der Waals surface area (Å²) in [5.74, 6) is 0.450. The lowest BCUT2D eigenvalue weighted by Gasteiger charge is -2.37. The Hall–Kier alpha value is -3.27. The molecule has 13 nitrogen and oxygen atoms in total. The zero-order chi connectivity index (χ0) is 31.8. The molecule has 14 heteroatoms. The molecule has 1 aromatic heterocycles. The van der Waals surface area contributed by atoms with Gasteiger partial charge in [0.2, 0.25) is 10.0 Å². The summed E-state index contributed by atoms with van der Waals surface area (Å²) in [7, 11) is -2.41. The summed E-state index contributed by atoms with van der Waals surface area (Å²) in [5.41, 5.74) is 1.74. The smallest absolute Gasteiger partial charge is 0.407 e. The molecule has 3 saturated heterocycles. The standard InChI is InChI=1S/C32H41N5O8S/c1-33-31-35-24-8-7-23(14-27(24)44-31)46(40,41)37(16-20-9-10-34-15-20)17-26(38)25(11-19-5-3-2-4-6-19)36-32(39)45-29-22-12-21-13-28(29)43-30(21)42-18-22/h2-8,14,20-22,25-26,28-30,34,38H,9-13,15-18H2,1H3,(H,33,35)(H,36,39). The van der Waals surface area contributed by atoms with Gasteiger partial charge in [-0.1, -0.05) is 30.3 Å². The summed E-state index contributed by atoms with van der Waals surface area (Å²) < 4.78 is 53.1. The average molecular weight is 656 g/mol. The SMILES string of the molecule is CNc1nc2ccc(S(=O)(=O)N(CC3CCNC3)CC(O)C(Cc3ccccc3)NC(=O)OC3C4COC5OC3CC5C4)cc2o1. The second-order valence-corrected chi connectivity index (χ2v) is 14.8. The van der Waals surface area contributed by atoms with Crippen molar-refractivity contribution in [1.29, 1.82) is 0 Å². The number of oxazole rings is 1. The van der Waals surface area contributed by atoms with E-state index in [-0.39, 0.29) is 54.7 Å². The van der Waals surface area contributed by atoms with Crippen molar-refractivity contribution in [3.8, 4) is 0 Å². The number of hydrogen-bond acceptors (Lipinski definition) is 11. The largest absolute Gasteiger partial charge is 0.443 e. The molecular formula is C32H41N5O8S. The molecular weight excluding hydrogens is 614 g/mol. The highest BCUT2D eigenvalue weighted by Crippen LogP contribution is 2.46. The van der Waals surface area contributed by atoms with Gasteiger partial charge in [-0.05, 0) is 62.4 Å². The zero-order valence-corrected chi connectivity index (χ0v) is 26.5. The molecule has 1 aliphatic carbocycles. The molecule has 4 fully saturated rings. The lowest BCUT2D eigenvalue weighted by molar-refractivity contribution is -0.153. The van der Waals surface area contributed by atoms with Crippen LogP contribution < -0.4 is 16.0 Å². The summed E-state index contributed by atoms with van der Waals surface area (Å²) in [6, 6.07) is 13.5. The van der Waals surface area contributed by atoms with Gasteiger partial charge in [-0.25, -0.2) is 13.2 Å². The van der Waals surface area contributed by atoms with E-state index in [9.17, 15) is 18.3 Å². The normalized spacial score (nSPS) is 28.4.